The monoisotopic (exact) mass is 226 g/mol. The summed E-state index contributed by atoms with van der Waals surface area (Å²) in [6.07, 6.45) is 1.25. The van der Waals surface area contributed by atoms with Crippen molar-refractivity contribution < 1.29 is 14.6 Å². The molecular weight excluding hydrogens is 212 g/mol. The smallest absolute Gasteiger partial charge is 0.332 e. The van der Waals surface area contributed by atoms with Gasteiger partial charge in [-0.15, -0.1) is 11.8 Å². The number of hydrogen-bond acceptors (Lipinski definition) is 3. The van der Waals surface area contributed by atoms with E-state index < -0.39 is 12.1 Å². The van der Waals surface area contributed by atoms with Gasteiger partial charge in [0.1, 0.15) is 0 Å². The summed E-state index contributed by atoms with van der Waals surface area (Å²) in [5.74, 6) is -0.935. The summed E-state index contributed by atoms with van der Waals surface area (Å²) >= 11 is 1.67. The largest absolute Gasteiger partial charge is 0.479 e. The van der Waals surface area contributed by atoms with Crippen molar-refractivity contribution in [3.8, 4) is 0 Å². The molecule has 0 aromatic heterocycles. The molecule has 3 nitrogen and oxygen atoms in total. The van der Waals surface area contributed by atoms with Crippen LogP contribution in [0.1, 0.15) is 12.5 Å². The van der Waals surface area contributed by atoms with Crippen LogP contribution in [0.25, 0.3) is 0 Å². The maximum atomic E-state index is 10.5. The lowest BCUT2D eigenvalue weighted by Crippen LogP contribution is -2.19. The van der Waals surface area contributed by atoms with Gasteiger partial charge in [0.25, 0.3) is 0 Å². The first-order valence-electron chi connectivity index (χ1n) is 4.61. The van der Waals surface area contributed by atoms with Crippen LogP contribution in [-0.2, 0) is 16.1 Å². The Bertz CT molecular complexity index is 321. The predicted molar refractivity (Wildman–Crippen MR) is 60.1 cm³/mol. The summed E-state index contributed by atoms with van der Waals surface area (Å²) in [6.45, 7) is 1.86. The molecule has 4 heteroatoms. The van der Waals surface area contributed by atoms with Crippen LogP contribution in [0.3, 0.4) is 0 Å². The number of carbonyl (C=O) groups is 1. The van der Waals surface area contributed by atoms with Gasteiger partial charge in [-0.2, -0.15) is 0 Å². The summed E-state index contributed by atoms with van der Waals surface area (Å²) in [4.78, 5) is 11.7. The highest BCUT2D eigenvalue weighted by atomic mass is 32.2. The highest BCUT2D eigenvalue weighted by molar-refractivity contribution is 7.98. The fraction of sp³-hybridized carbons (Fsp3) is 0.364. The molecule has 0 amide bonds. The Morgan fingerprint density at radius 1 is 1.47 bits per heavy atom. The van der Waals surface area contributed by atoms with Crippen molar-refractivity contribution in [3.05, 3.63) is 29.8 Å². The molecular formula is C11H14O3S. The minimum atomic E-state index is -0.935. The topological polar surface area (TPSA) is 46.5 Å². The minimum Gasteiger partial charge on any atom is -0.479 e. The van der Waals surface area contributed by atoms with E-state index >= 15 is 0 Å². The number of rotatable bonds is 5. The Hall–Kier alpha value is -1.00. The molecule has 0 spiro atoms. The zero-order valence-corrected chi connectivity index (χ0v) is 9.58. The van der Waals surface area contributed by atoms with Gasteiger partial charge >= 0.3 is 5.97 Å². The SMILES string of the molecule is CSc1ccc(CO[C@@H](C)C(=O)O)cc1. The second-order valence-corrected chi connectivity index (χ2v) is 4.02. The average Bonchev–Trinajstić information content (AvgIpc) is 2.26. The highest BCUT2D eigenvalue weighted by Gasteiger charge is 2.10. The van der Waals surface area contributed by atoms with Crippen molar-refractivity contribution in [3.63, 3.8) is 0 Å². The molecule has 1 atom stereocenters. The summed E-state index contributed by atoms with van der Waals surface area (Å²) in [5, 5.41) is 8.61. The van der Waals surface area contributed by atoms with Crippen LogP contribution in [0, 0.1) is 0 Å². The lowest BCUT2D eigenvalue weighted by molar-refractivity contribution is -0.149. The Morgan fingerprint density at radius 3 is 2.53 bits per heavy atom. The van der Waals surface area contributed by atoms with Gasteiger partial charge < -0.3 is 9.84 Å². The number of carboxylic acids is 1. The highest BCUT2D eigenvalue weighted by Crippen LogP contribution is 2.15. The second-order valence-electron chi connectivity index (χ2n) is 3.14. The first kappa shape index (κ1) is 12.1. The van der Waals surface area contributed by atoms with E-state index in [1.807, 2.05) is 30.5 Å². The quantitative estimate of drug-likeness (QED) is 0.783. The molecule has 82 valence electrons. The molecule has 0 bridgehead atoms. The molecule has 1 aromatic rings. The molecule has 0 aliphatic rings. The Kier molecular flexibility index (Phi) is 4.65. The van der Waals surface area contributed by atoms with Crippen LogP contribution in [0.5, 0.6) is 0 Å². The summed E-state index contributed by atoms with van der Waals surface area (Å²) in [7, 11) is 0. The van der Waals surface area contributed by atoms with Crippen LogP contribution in [0.15, 0.2) is 29.2 Å². The maximum Gasteiger partial charge on any atom is 0.332 e. The second kappa shape index (κ2) is 5.78. The van der Waals surface area contributed by atoms with Crippen LogP contribution >= 0.6 is 11.8 Å². The van der Waals surface area contributed by atoms with Gasteiger partial charge in [-0.3, -0.25) is 0 Å². The van der Waals surface area contributed by atoms with E-state index in [4.69, 9.17) is 9.84 Å². The molecule has 0 aliphatic heterocycles. The molecule has 1 N–H and O–H groups in total. The zero-order valence-electron chi connectivity index (χ0n) is 8.77. The van der Waals surface area contributed by atoms with Gasteiger partial charge in [0, 0.05) is 4.90 Å². The van der Waals surface area contributed by atoms with Crippen molar-refractivity contribution in [2.24, 2.45) is 0 Å². The van der Waals surface area contributed by atoms with Crippen molar-refractivity contribution in [2.45, 2.75) is 24.5 Å². The van der Waals surface area contributed by atoms with Gasteiger partial charge in [0.15, 0.2) is 6.10 Å². The average molecular weight is 226 g/mol. The number of benzene rings is 1. The fourth-order valence-corrected chi connectivity index (χ4v) is 1.42. The lowest BCUT2D eigenvalue weighted by Gasteiger charge is -2.08. The summed E-state index contributed by atoms with van der Waals surface area (Å²) in [5.41, 5.74) is 0.987. The lowest BCUT2D eigenvalue weighted by atomic mass is 10.2. The molecule has 0 heterocycles. The molecule has 0 unspecified atom stereocenters. The van der Waals surface area contributed by atoms with Crippen LogP contribution < -0.4 is 0 Å². The zero-order chi connectivity index (χ0) is 11.3. The molecule has 0 saturated heterocycles. The number of ether oxygens (including phenoxy) is 1. The summed E-state index contributed by atoms with van der Waals surface area (Å²) < 4.78 is 5.16. The Labute approximate surface area is 93.4 Å². The van der Waals surface area contributed by atoms with E-state index in [1.165, 1.54) is 11.8 Å². The third-order valence-corrected chi connectivity index (χ3v) is 2.75. The van der Waals surface area contributed by atoms with E-state index in [9.17, 15) is 4.79 Å². The van der Waals surface area contributed by atoms with Gasteiger partial charge in [0.05, 0.1) is 6.61 Å². The predicted octanol–water partition coefficient (Wildman–Crippen LogP) is 2.40. The molecule has 0 saturated carbocycles. The fourth-order valence-electron chi connectivity index (χ4n) is 1.01. The summed E-state index contributed by atoms with van der Waals surface area (Å²) in [6, 6.07) is 7.88. The molecule has 0 fully saturated rings. The standard InChI is InChI=1S/C11H14O3S/c1-8(11(12)13)14-7-9-3-5-10(15-2)6-4-9/h3-6,8H,7H2,1-2H3,(H,12,13)/t8-/m0/s1. The van der Waals surface area contributed by atoms with E-state index in [0.29, 0.717) is 6.61 Å². The van der Waals surface area contributed by atoms with Crippen LogP contribution in [-0.4, -0.2) is 23.4 Å². The van der Waals surface area contributed by atoms with E-state index in [1.54, 1.807) is 11.8 Å². The van der Waals surface area contributed by atoms with Gasteiger partial charge in [0.2, 0.25) is 0 Å². The molecule has 0 aliphatic carbocycles. The Morgan fingerprint density at radius 2 is 2.07 bits per heavy atom. The minimum absolute atomic E-state index is 0.335. The van der Waals surface area contributed by atoms with Crippen molar-refractivity contribution in [1.29, 1.82) is 0 Å². The van der Waals surface area contributed by atoms with Gasteiger partial charge in [-0.05, 0) is 30.9 Å². The number of thioether (sulfide) groups is 1. The third-order valence-electron chi connectivity index (χ3n) is 2.01. The molecule has 1 rings (SSSR count). The normalized spacial score (nSPS) is 12.4. The van der Waals surface area contributed by atoms with Crippen LogP contribution in [0.4, 0.5) is 0 Å². The molecule has 0 radical (unpaired) electrons. The first-order valence-corrected chi connectivity index (χ1v) is 5.83. The Balaban J connectivity index is 2.47. The van der Waals surface area contributed by atoms with E-state index in [-0.39, 0.29) is 0 Å². The van der Waals surface area contributed by atoms with Crippen LogP contribution in [0.2, 0.25) is 0 Å². The van der Waals surface area contributed by atoms with Gasteiger partial charge in [-0.25, -0.2) is 4.79 Å². The van der Waals surface area contributed by atoms with Crippen molar-refractivity contribution in [2.75, 3.05) is 6.26 Å². The number of hydrogen-bond donors (Lipinski definition) is 1. The first-order chi connectivity index (χ1) is 7.13. The maximum absolute atomic E-state index is 10.5. The van der Waals surface area contributed by atoms with Gasteiger partial charge in [-0.1, -0.05) is 12.1 Å². The molecule has 15 heavy (non-hydrogen) atoms. The van der Waals surface area contributed by atoms with E-state index in [2.05, 4.69) is 0 Å². The molecule has 1 aromatic carbocycles. The number of carboxylic acid groups (broad SMARTS) is 1. The van der Waals surface area contributed by atoms with Crippen molar-refractivity contribution in [1.82, 2.24) is 0 Å². The third kappa shape index (κ3) is 3.93. The van der Waals surface area contributed by atoms with E-state index in [0.717, 1.165) is 5.56 Å². The number of aliphatic carboxylic acids is 1. The van der Waals surface area contributed by atoms with Crippen molar-refractivity contribution >= 4 is 17.7 Å².